The third kappa shape index (κ3) is 4.15. The largest absolute Gasteiger partial charge is 0.320 e. The molecule has 0 saturated carbocycles. The van der Waals surface area contributed by atoms with Gasteiger partial charge in [-0.25, -0.2) is 9.97 Å². The molecule has 0 radical (unpaired) electrons. The highest BCUT2D eigenvalue weighted by Gasteiger charge is 2.15. The summed E-state index contributed by atoms with van der Waals surface area (Å²) in [7, 11) is 0. The third-order valence-electron chi connectivity index (χ3n) is 3.64. The maximum absolute atomic E-state index is 12.1. The van der Waals surface area contributed by atoms with Gasteiger partial charge in [-0.2, -0.15) is 0 Å². The van der Waals surface area contributed by atoms with Crippen molar-refractivity contribution in [2.75, 3.05) is 11.1 Å². The van der Waals surface area contributed by atoms with E-state index in [-0.39, 0.29) is 23.7 Å². The Morgan fingerprint density at radius 3 is 2.50 bits per heavy atom. The van der Waals surface area contributed by atoms with Crippen molar-refractivity contribution in [1.29, 1.82) is 0 Å². The van der Waals surface area contributed by atoms with Gasteiger partial charge in [0.1, 0.15) is 10.7 Å². The Morgan fingerprint density at radius 2 is 1.77 bits per heavy atom. The summed E-state index contributed by atoms with van der Waals surface area (Å²) in [6.07, 6.45) is 0.213. The zero-order chi connectivity index (χ0) is 18.5. The molecule has 0 spiro atoms. The van der Waals surface area contributed by atoms with Crippen LogP contribution in [-0.4, -0.2) is 26.6 Å². The smallest absolute Gasteiger partial charge is 0.292 e. The van der Waals surface area contributed by atoms with E-state index in [1.807, 2.05) is 31.2 Å². The molecular weight excluding hydrogens is 352 g/mol. The molecule has 1 amide bonds. The highest BCUT2D eigenvalue weighted by Crippen LogP contribution is 2.25. The summed E-state index contributed by atoms with van der Waals surface area (Å²) in [5.41, 5.74) is 2.54. The molecule has 0 atom stereocenters. The van der Waals surface area contributed by atoms with Crippen LogP contribution in [0.25, 0.3) is 11.0 Å². The van der Waals surface area contributed by atoms with E-state index in [9.17, 15) is 14.9 Å². The Labute approximate surface area is 154 Å². The van der Waals surface area contributed by atoms with Gasteiger partial charge < -0.3 is 5.32 Å². The summed E-state index contributed by atoms with van der Waals surface area (Å²) in [4.78, 5) is 31.6. The van der Waals surface area contributed by atoms with Crippen molar-refractivity contribution in [1.82, 2.24) is 9.97 Å². The average molecular weight is 368 g/mol. The first-order valence-electron chi connectivity index (χ1n) is 7.94. The van der Waals surface area contributed by atoms with E-state index >= 15 is 0 Å². The van der Waals surface area contributed by atoms with Crippen LogP contribution in [-0.2, 0) is 4.79 Å². The molecule has 0 aliphatic carbocycles. The highest BCUT2D eigenvalue weighted by molar-refractivity contribution is 7.99. The lowest BCUT2D eigenvalue weighted by molar-refractivity contribution is -0.383. The number of aryl methyl sites for hydroxylation is 1. The zero-order valence-corrected chi connectivity index (χ0v) is 14.8. The first kappa shape index (κ1) is 17.8. The van der Waals surface area contributed by atoms with Gasteiger partial charge in [0.05, 0.1) is 21.7 Å². The minimum atomic E-state index is -0.515. The summed E-state index contributed by atoms with van der Waals surface area (Å²) in [5, 5.41) is 14.4. The Morgan fingerprint density at radius 1 is 1.12 bits per heavy atom. The highest BCUT2D eigenvalue weighted by atomic mass is 32.2. The van der Waals surface area contributed by atoms with Crippen molar-refractivity contribution < 1.29 is 9.72 Å². The van der Waals surface area contributed by atoms with Gasteiger partial charge in [-0.1, -0.05) is 24.3 Å². The summed E-state index contributed by atoms with van der Waals surface area (Å²) in [5.74, 6) is 0.221. The van der Waals surface area contributed by atoms with Crippen LogP contribution >= 0.6 is 11.8 Å². The topological polar surface area (TPSA) is 98.0 Å². The molecule has 1 N–H and O–H groups in total. The molecular formula is C18H16N4O3S. The van der Waals surface area contributed by atoms with Crippen LogP contribution < -0.4 is 5.32 Å². The second kappa shape index (κ2) is 7.92. The molecule has 132 valence electrons. The minimum absolute atomic E-state index is 0.121. The predicted molar refractivity (Wildman–Crippen MR) is 101 cm³/mol. The van der Waals surface area contributed by atoms with Crippen molar-refractivity contribution in [2.24, 2.45) is 0 Å². The van der Waals surface area contributed by atoms with Gasteiger partial charge in [-0.15, -0.1) is 11.8 Å². The van der Waals surface area contributed by atoms with E-state index in [1.165, 1.54) is 23.9 Å². The van der Waals surface area contributed by atoms with Crippen molar-refractivity contribution in [3.05, 3.63) is 64.3 Å². The van der Waals surface area contributed by atoms with E-state index < -0.39 is 4.92 Å². The molecule has 3 aromatic rings. The van der Waals surface area contributed by atoms with Gasteiger partial charge in [-0.3, -0.25) is 14.9 Å². The number of anilines is 1. The lowest BCUT2D eigenvalue weighted by Gasteiger charge is -2.07. The van der Waals surface area contributed by atoms with E-state index in [4.69, 9.17) is 0 Å². The number of nitro groups is 1. The molecule has 0 bridgehead atoms. The molecule has 1 heterocycles. The molecule has 0 unspecified atom stereocenters. The van der Waals surface area contributed by atoms with Crippen LogP contribution in [0.4, 0.5) is 11.4 Å². The number of thioether (sulfide) groups is 1. The number of amides is 1. The molecule has 2 aromatic carbocycles. The minimum Gasteiger partial charge on any atom is -0.320 e. The number of para-hydroxylation sites is 4. The van der Waals surface area contributed by atoms with Gasteiger partial charge in [0.25, 0.3) is 5.69 Å². The number of nitro benzene ring substituents is 1. The molecule has 3 rings (SSSR count). The Balaban J connectivity index is 1.61. The maximum Gasteiger partial charge on any atom is 0.292 e. The second-order valence-electron chi connectivity index (χ2n) is 5.52. The van der Waals surface area contributed by atoms with Crippen molar-refractivity contribution >= 4 is 40.1 Å². The number of aromatic nitrogens is 2. The molecule has 26 heavy (non-hydrogen) atoms. The summed E-state index contributed by atoms with van der Waals surface area (Å²) < 4.78 is 0. The Bertz CT molecular complexity index is 978. The number of hydrogen-bond acceptors (Lipinski definition) is 6. The molecule has 1 aromatic heterocycles. The van der Waals surface area contributed by atoms with E-state index in [0.717, 1.165) is 21.8 Å². The molecule has 8 heteroatoms. The number of hydrogen-bond donors (Lipinski definition) is 1. The SMILES string of the molecule is Cc1nc2ccccc2nc1SCCC(=O)Nc1ccccc1[N+](=O)[O-]. The fourth-order valence-corrected chi connectivity index (χ4v) is 3.30. The number of benzene rings is 2. The Kier molecular flexibility index (Phi) is 5.43. The lowest BCUT2D eigenvalue weighted by Crippen LogP contribution is -2.13. The van der Waals surface area contributed by atoms with Crippen molar-refractivity contribution in [3.8, 4) is 0 Å². The van der Waals surface area contributed by atoms with Gasteiger partial charge in [0.2, 0.25) is 5.91 Å². The van der Waals surface area contributed by atoms with E-state index in [2.05, 4.69) is 15.3 Å². The lowest BCUT2D eigenvalue weighted by atomic mass is 10.2. The fourth-order valence-electron chi connectivity index (χ4n) is 2.40. The van der Waals surface area contributed by atoms with Crippen LogP contribution in [0.1, 0.15) is 12.1 Å². The first-order valence-corrected chi connectivity index (χ1v) is 8.92. The van der Waals surface area contributed by atoms with Crippen LogP contribution in [0.2, 0.25) is 0 Å². The standard InChI is InChI=1S/C18H16N4O3S/c1-12-18(21-14-7-3-2-6-13(14)19-12)26-11-10-17(23)20-15-8-4-5-9-16(15)22(24)25/h2-9H,10-11H2,1H3,(H,20,23). The van der Waals surface area contributed by atoms with Crippen molar-refractivity contribution in [3.63, 3.8) is 0 Å². The van der Waals surface area contributed by atoms with Gasteiger partial charge in [-0.05, 0) is 25.1 Å². The molecule has 7 nitrogen and oxygen atoms in total. The van der Waals surface area contributed by atoms with Gasteiger partial charge in [0, 0.05) is 18.2 Å². The molecule has 0 aliphatic heterocycles. The fraction of sp³-hybridized carbons (Fsp3) is 0.167. The number of nitrogens with zero attached hydrogens (tertiary/aromatic N) is 3. The summed E-state index contributed by atoms with van der Waals surface area (Å²) in [6, 6.07) is 13.7. The van der Waals surface area contributed by atoms with Gasteiger partial charge >= 0.3 is 0 Å². The Hall–Kier alpha value is -3.00. The van der Waals surface area contributed by atoms with E-state index in [1.54, 1.807) is 12.1 Å². The molecule has 0 saturated heterocycles. The first-order chi connectivity index (χ1) is 12.5. The second-order valence-corrected chi connectivity index (χ2v) is 6.61. The normalized spacial score (nSPS) is 10.7. The quantitative estimate of drug-likeness (QED) is 0.402. The monoisotopic (exact) mass is 368 g/mol. The van der Waals surface area contributed by atoms with Crippen LogP contribution in [0, 0.1) is 17.0 Å². The molecule has 0 fully saturated rings. The number of fused-ring (bicyclic) bond motifs is 1. The predicted octanol–water partition coefficient (Wildman–Crippen LogP) is 3.97. The van der Waals surface area contributed by atoms with Crippen LogP contribution in [0.15, 0.2) is 53.6 Å². The zero-order valence-electron chi connectivity index (χ0n) is 14.0. The van der Waals surface area contributed by atoms with E-state index in [0.29, 0.717) is 5.75 Å². The third-order valence-corrected chi connectivity index (χ3v) is 4.71. The number of carbonyl (C=O) groups excluding carboxylic acids is 1. The number of nitrogens with one attached hydrogen (secondary N) is 1. The maximum atomic E-state index is 12.1. The molecule has 0 aliphatic rings. The number of rotatable bonds is 6. The summed E-state index contributed by atoms with van der Waals surface area (Å²) >= 11 is 1.44. The average Bonchev–Trinajstić information content (AvgIpc) is 2.62. The van der Waals surface area contributed by atoms with Crippen LogP contribution in [0.3, 0.4) is 0 Å². The van der Waals surface area contributed by atoms with Gasteiger partial charge in [0.15, 0.2) is 0 Å². The van der Waals surface area contributed by atoms with Crippen LogP contribution in [0.5, 0.6) is 0 Å². The van der Waals surface area contributed by atoms with Crippen molar-refractivity contribution in [2.45, 2.75) is 18.4 Å². The number of carbonyl (C=O) groups is 1. The summed E-state index contributed by atoms with van der Waals surface area (Å²) in [6.45, 7) is 1.88.